The molecule has 3 N–H and O–H groups in total. The van der Waals surface area contributed by atoms with Crippen molar-refractivity contribution < 1.29 is 0 Å². The van der Waals surface area contributed by atoms with Gasteiger partial charge in [-0.05, 0) is 53.6 Å². The maximum absolute atomic E-state index is 5.91. The number of aromatic nitrogens is 4. The molecule has 1 aromatic carbocycles. The van der Waals surface area contributed by atoms with Crippen LogP contribution in [-0.4, -0.2) is 19.9 Å². The van der Waals surface area contributed by atoms with Crippen LogP contribution in [-0.2, 0) is 6.54 Å². The molecule has 0 radical (unpaired) electrons. The zero-order chi connectivity index (χ0) is 19.6. The smallest absolute Gasteiger partial charge is 0.0896 e. The highest BCUT2D eigenvalue weighted by Crippen LogP contribution is 2.31. The van der Waals surface area contributed by atoms with Crippen LogP contribution >= 0.6 is 0 Å². The van der Waals surface area contributed by atoms with Crippen molar-refractivity contribution in [2.24, 2.45) is 5.73 Å². The van der Waals surface area contributed by atoms with Crippen LogP contribution in [0.3, 0.4) is 0 Å². The van der Waals surface area contributed by atoms with Gasteiger partial charge in [0.05, 0.1) is 17.1 Å². The van der Waals surface area contributed by atoms with E-state index in [0.29, 0.717) is 6.54 Å². The highest BCUT2D eigenvalue weighted by molar-refractivity contribution is 5.95. The van der Waals surface area contributed by atoms with Gasteiger partial charge in [-0.25, -0.2) is 4.98 Å². The minimum atomic E-state index is 0.365. The number of benzene rings is 1. The minimum absolute atomic E-state index is 0.365. The summed E-state index contributed by atoms with van der Waals surface area (Å²) in [4.78, 5) is 16.9. The Labute approximate surface area is 168 Å². The predicted octanol–water partition coefficient (Wildman–Crippen LogP) is 4.81. The van der Waals surface area contributed by atoms with Crippen LogP contribution in [0.25, 0.3) is 44.5 Å². The van der Waals surface area contributed by atoms with Gasteiger partial charge in [0, 0.05) is 53.4 Å². The second kappa shape index (κ2) is 7.30. The Balaban J connectivity index is 1.64. The Bertz CT molecular complexity index is 1290. The molecule has 0 unspecified atom stereocenters. The van der Waals surface area contributed by atoms with Crippen molar-refractivity contribution in [3.63, 3.8) is 0 Å². The average molecular weight is 377 g/mol. The molecule has 0 bridgehead atoms. The summed E-state index contributed by atoms with van der Waals surface area (Å²) in [5.41, 5.74) is 13.7. The maximum Gasteiger partial charge on any atom is 0.0896 e. The lowest BCUT2D eigenvalue weighted by Gasteiger charge is -2.10. The summed E-state index contributed by atoms with van der Waals surface area (Å²) in [7, 11) is 0. The molecule has 5 rings (SSSR count). The first kappa shape index (κ1) is 17.3. The maximum atomic E-state index is 5.91. The lowest BCUT2D eigenvalue weighted by molar-refractivity contribution is 0.991. The molecule has 4 heterocycles. The lowest BCUT2D eigenvalue weighted by Crippen LogP contribution is -2.02. The number of fused-ring (bicyclic) bond motifs is 1. The average Bonchev–Trinajstić information content (AvgIpc) is 3.28. The van der Waals surface area contributed by atoms with Crippen LogP contribution in [0.5, 0.6) is 0 Å². The zero-order valence-corrected chi connectivity index (χ0v) is 15.7. The first-order valence-electron chi connectivity index (χ1n) is 9.46. The minimum Gasteiger partial charge on any atom is -0.361 e. The first-order valence-corrected chi connectivity index (χ1v) is 9.46. The number of pyridine rings is 3. The standard InChI is InChI=1S/C24H19N5/c25-13-19-11-16(12-24(29-19)23-5-1-2-8-27-23)17-10-18(15-26-14-17)20-4-3-6-22-21(20)7-9-28-22/h1-12,14-15,28H,13,25H2. The first-order chi connectivity index (χ1) is 14.3. The molecule has 0 saturated heterocycles. The molecule has 0 atom stereocenters. The predicted molar refractivity (Wildman–Crippen MR) is 116 cm³/mol. The Morgan fingerprint density at radius 2 is 1.76 bits per heavy atom. The Hall–Kier alpha value is -3.83. The molecule has 0 amide bonds. The van der Waals surface area contributed by atoms with Crippen molar-refractivity contribution >= 4 is 10.9 Å². The van der Waals surface area contributed by atoms with Crippen molar-refractivity contribution in [3.05, 3.63) is 91.1 Å². The van der Waals surface area contributed by atoms with Crippen LogP contribution in [0.2, 0.25) is 0 Å². The summed E-state index contributed by atoms with van der Waals surface area (Å²) < 4.78 is 0. The molecule has 29 heavy (non-hydrogen) atoms. The van der Waals surface area contributed by atoms with E-state index >= 15 is 0 Å². The van der Waals surface area contributed by atoms with Crippen LogP contribution in [0.15, 0.2) is 85.5 Å². The molecule has 0 spiro atoms. The van der Waals surface area contributed by atoms with Crippen LogP contribution in [0.1, 0.15) is 5.69 Å². The second-order valence-corrected chi connectivity index (χ2v) is 6.86. The Kier molecular flexibility index (Phi) is 4.35. The van der Waals surface area contributed by atoms with Gasteiger partial charge >= 0.3 is 0 Å². The van der Waals surface area contributed by atoms with Crippen LogP contribution in [0.4, 0.5) is 0 Å². The zero-order valence-electron chi connectivity index (χ0n) is 15.7. The second-order valence-electron chi connectivity index (χ2n) is 6.86. The SMILES string of the molecule is NCc1cc(-c2cncc(-c3cccc4[nH]ccc34)c2)cc(-c2ccccn2)n1. The molecule has 4 aromatic heterocycles. The van der Waals surface area contributed by atoms with Gasteiger partial charge in [0.25, 0.3) is 0 Å². The van der Waals surface area contributed by atoms with Crippen LogP contribution < -0.4 is 5.73 Å². The molecule has 0 saturated carbocycles. The Morgan fingerprint density at radius 1 is 0.828 bits per heavy atom. The fourth-order valence-electron chi connectivity index (χ4n) is 3.59. The number of aromatic amines is 1. The summed E-state index contributed by atoms with van der Waals surface area (Å²) >= 11 is 0. The van der Waals surface area contributed by atoms with E-state index in [1.165, 1.54) is 5.39 Å². The van der Waals surface area contributed by atoms with Crippen molar-refractivity contribution in [2.75, 3.05) is 0 Å². The number of nitrogens with two attached hydrogens (primary N) is 1. The normalized spacial score (nSPS) is 11.1. The van der Waals surface area contributed by atoms with E-state index in [-0.39, 0.29) is 0 Å². The molecule has 0 aliphatic heterocycles. The molecule has 5 aromatic rings. The third-order valence-electron chi connectivity index (χ3n) is 4.99. The van der Waals surface area contributed by atoms with Crippen molar-refractivity contribution in [1.82, 2.24) is 19.9 Å². The Morgan fingerprint density at radius 3 is 2.62 bits per heavy atom. The molecular formula is C24H19N5. The van der Waals surface area contributed by atoms with E-state index in [1.807, 2.05) is 48.9 Å². The van der Waals surface area contributed by atoms with Gasteiger partial charge in [0.2, 0.25) is 0 Å². The largest absolute Gasteiger partial charge is 0.361 e. The van der Waals surface area contributed by atoms with E-state index in [2.05, 4.69) is 50.3 Å². The summed E-state index contributed by atoms with van der Waals surface area (Å²) in [5.74, 6) is 0. The number of rotatable bonds is 4. The molecule has 0 aliphatic rings. The third kappa shape index (κ3) is 3.28. The fourth-order valence-corrected chi connectivity index (χ4v) is 3.59. The summed E-state index contributed by atoms with van der Waals surface area (Å²) in [6.45, 7) is 0.365. The highest BCUT2D eigenvalue weighted by atomic mass is 14.8. The topological polar surface area (TPSA) is 80.5 Å². The van der Waals surface area contributed by atoms with Gasteiger partial charge in [-0.3, -0.25) is 9.97 Å². The molecule has 5 heteroatoms. The summed E-state index contributed by atoms with van der Waals surface area (Å²) in [6, 6.07) is 20.4. The van der Waals surface area contributed by atoms with E-state index < -0.39 is 0 Å². The molecule has 0 aliphatic carbocycles. The molecular weight excluding hydrogens is 358 g/mol. The summed E-state index contributed by atoms with van der Waals surface area (Å²) in [6.07, 6.45) is 7.50. The number of H-pyrrole nitrogens is 1. The van der Waals surface area contributed by atoms with Crippen molar-refractivity contribution in [3.8, 4) is 33.6 Å². The number of hydrogen-bond acceptors (Lipinski definition) is 4. The van der Waals surface area contributed by atoms with Crippen molar-refractivity contribution in [2.45, 2.75) is 6.54 Å². The molecule has 5 nitrogen and oxygen atoms in total. The van der Waals surface area contributed by atoms with Gasteiger partial charge in [-0.15, -0.1) is 0 Å². The lowest BCUT2D eigenvalue weighted by atomic mass is 9.99. The summed E-state index contributed by atoms with van der Waals surface area (Å²) in [5, 5.41) is 1.18. The highest BCUT2D eigenvalue weighted by Gasteiger charge is 2.10. The molecule has 0 fully saturated rings. The van der Waals surface area contributed by atoms with E-state index in [1.54, 1.807) is 6.20 Å². The number of nitrogens with one attached hydrogen (secondary N) is 1. The van der Waals surface area contributed by atoms with Crippen molar-refractivity contribution in [1.29, 1.82) is 0 Å². The van der Waals surface area contributed by atoms with Crippen LogP contribution in [0, 0.1) is 0 Å². The van der Waals surface area contributed by atoms with Gasteiger partial charge in [-0.1, -0.05) is 18.2 Å². The fraction of sp³-hybridized carbons (Fsp3) is 0.0417. The van der Waals surface area contributed by atoms with Gasteiger partial charge < -0.3 is 10.7 Å². The van der Waals surface area contributed by atoms with E-state index in [0.717, 1.165) is 44.9 Å². The quantitative estimate of drug-likeness (QED) is 0.471. The third-order valence-corrected chi connectivity index (χ3v) is 4.99. The van der Waals surface area contributed by atoms with E-state index in [4.69, 9.17) is 5.73 Å². The number of nitrogens with zero attached hydrogens (tertiary/aromatic N) is 3. The monoisotopic (exact) mass is 377 g/mol. The van der Waals surface area contributed by atoms with Gasteiger partial charge in [-0.2, -0.15) is 0 Å². The van der Waals surface area contributed by atoms with Gasteiger partial charge in [0.1, 0.15) is 0 Å². The van der Waals surface area contributed by atoms with Gasteiger partial charge in [0.15, 0.2) is 0 Å². The van der Waals surface area contributed by atoms with E-state index in [9.17, 15) is 0 Å². The number of hydrogen-bond donors (Lipinski definition) is 2. The molecule has 140 valence electrons.